The number of nitrogens with zero attached hydrogens (tertiary/aromatic N) is 2. The lowest BCUT2D eigenvalue weighted by Crippen LogP contribution is -2.05. The molecule has 0 bridgehead atoms. The highest BCUT2D eigenvalue weighted by molar-refractivity contribution is 9.10. The Hall–Kier alpha value is -4.05. The normalized spacial score (nSPS) is 14.0. The third-order valence-electron chi connectivity index (χ3n) is 4.77. The Balaban J connectivity index is 1.57. The van der Waals surface area contributed by atoms with Gasteiger partial charge in [-0.25, -0.2) is 14.2 Å². The quantitative estimate of drug-likeness (QED) is 0.176. The summed E-state index contributed by atoms with van der Waals surface area (Å²) in [5, 5.41) is 10.8. The number of hydrogen-bond acceptors (Lipinski definition) is 7. The van der Waals surface area contributed by atoms with Crippen molar-refractivity contribution in [3.8, 4) is 11.5 Å². The molecule has 0 amide bonds. The Morgan fingerprint density at radius 2 is 1.94 bits per heavy atom. The average Bonchev–Trinajstić information content (AvgIpc) is 3.18. The van der Waals surface area contributed by atoms with E-state index in [1.54, 1.807) is 24.3 Å². The van der Waals surface area contributed by atoms with Gasteiger partial charge in [0.2, 0.25) is 5.90 Å². The Morgan fingerprint density at radius 3 is 2.62 bits per heavy atom. The molecule has 34 heavy (non-hydrogen) atoms. The fourth-order valence-electron chi connectivity index (χ4n) is 3.16. The number of halogens is 2. The van der Waals surface area contributed by atoms with E-state index in [2.05, 4.69) is 20.9 Å². The summed E-state index contributed by atoms with van der Waals surface area (Å²) in [4.78, 5) is 26.8. The van der Waals surface area contributed by atoms with Gasteiger partial charge in [-0.1, -0.05) is 12.1 Å². The second-order valence-corrected chi connectivity index (χ2v) is 7.95. The topological polar surface area (TPSA) is 100 Å². The van der Waals surface area contributed by atoms with E-state index in [1.165, 1.54) is 49.6 Å². The first kappa shape index (κ1) is 23.1. The summed E-state index contributed by atoms with van der Waals surface area (Å²) in [7, 11) is 1.47. The van der Waals surface area contributed by atoms with Crippen LogP contribution in [0.5, 0.6) is 11.5 Å². The number of carbonyl (C=O) groups excluding carboxylic acids is 1. The molecule has 0 N–H and O–H groups in total. The number of benzene rings is 3. The van der Waals surface area contributed by atoms with Crippen LogP contribution in [0.3, 0.4) is 0 Å². The van der Waals surface area contributed by atoms with Crippen molar-refractivity contribution < 1.29 is 28.3 Å². The predicted molar refractivity (Wildman–Crippen MR) is 125 cm³/mol. The van der Waals surface area contributed by atoms with Gasteiger partial charge in [0, 0.05) is 17.7 Å². The molecule has 3 aromatic carbocycles. The maximum absolute atomic E-state index is 13.4. The van der Waals surface area contributed by atoms with Gasteiger partial charge in [0.1, 0.15) is 12.4 Å². The van der Waals surface area contributed by atoms with Crippen LogP contribution in [0.4, 0.5) is 10.1 Å². The van der Waals surface area contributed by atoms with E-state index in [4.69, 9.17) is 14.2 Å². The second kappa shape index (κ2) is 9.84. The first-order chi connectivity index (χ1) is 16.3. The number of nitro groups is 1. The molecule has 0 aliphatic carbocycles. The zero-order valence-corrected chi connectivity index (χ0v) is 19.2. The van der Waals surface area contributed by atoms with E-state index >= 15 is 0 Å². The molecular formula is C24H16BrFN2O6. The fraction of sp³-hybridized carbons (Fsp3) is 0.0833. The lowest BCUT2D eigenvalue weighted by Gasteiger charge is -2.13. The number of ether oxygens (including phenoxy) is 3. The molecule has 1 heterocycles. The van der Waals surface area contributed by atoms with Gasteiger partial charge in [0.15, 0.2) is 17.2 Å². The predicted octanol–water partition coefficient (Wildman–Crippen LogP) is 5.43. The van der Waals surface area contributed by atoms with Gasteiger partial charge in [-0.15, -0.1) is 0 Å². The first-order valence-electron chi connectivity index (χ1n) is 9.86. The Morgan fingerprint density at radius 1 is 1.18 bits per heavy atom. The Kier molecular flexibility index (Phi) is 6.69. The molecule has 0 aromatic heterocycles. The largest absolute Gasteiger partial charge is 0.493 e. The molecule has 0 fully saturated rings. The van der Waals surface area contributed by atoms with Crippen molar-refractivity contribution in [1.82, 2.24) is 0 Å². The fourth-order valence-corrected chi connectivity index (χ4v) is 3.74. The van der Waals surface area contributed by atoms with Crippen molar-refractivity contribution in [2.45, 2.75) is 6.61 Å². The summed E-state index contributed by atoms with van der Waals surface area (Å²) in [6.07, 6.45) is 1.52. The average molecular weight is 527 g/mol. The lowest BCUT2D eigenvalue weighted by molar-refractivity contribution is -0.384. The van der Waals surface area contributed by atoms with Gasteiger partial charge in [-0.2, -0.15) is 0 Å². The molecule has 10 heteroatoms. The highest BCUT2D eigenvalue weighted by Gasteiger charge is 2.25. The van der Waals surface area contributed by atoms with Crippen LogP contribution in [0, 0.1) is 15.9 Å². The van der Waals surface area contributed by atoms with Crippen molar-refractivity contribution in [2.75, 3.05) is 7.11 Å². The minimum Gasteiger partial charge on any atom is -0.493 e. The van der Waals surface area contributed by atoms with Crippen LogP contribution in [-0.2, 0) is 16.1 Å². The Bertz CT molecular complexity index is 1340. The molecule has 4 rings (SSSR count). The van der Waals surface area contributed by atoms with Crippen molar-refractivity contribution in [1.29, 1.82) is 0 Å². The minimum absolute atomic E-state index is 0.0484. The number of non-ortho nitro benzene ring substituents is 1. The number of rotatable bonds is 7. The summed E-state index contributed by atoms with van der Waals surface area (Å²) in [5.41, 5.74) is 1.64. The number of nitro benzene ring substituents is 1. The zero-order chi connectivity index (χ0) is 24.2. The molecule has 0 atom stereocenters. The summed E-state index contributed by atoms with van der Waals surface area (Å²) in [6.45, 7) is 0.127. The molecule has 0 unspecified atom stereocenters. The number of carbonyl (C=O) groups is 1. The van der Waals surface area contributed by atoms with Gasteiger partial charge in [0.05, 0.1) is 16.5 Å². The number of hydrogen-bond donors (Lipinski definition) is 0. The third-order valence-corrected chi connectivity index (χ3v) is 5.36. The maximum Gasteiger partial charge on any atom is 0.363 e. The molecule has 1 aliphatic rings. The SMILES string of the molecule is COc1cc(/C=C2\N=C(c3ccc([N+](=O)[O-])cc3)OC2=O)cc(Br)c1OCc1cccc(F)c1. The van der Waals surface area contributed by atoms with Crippen LogP contribution in [0.2, 0.25) is 0 Å². The number of cyclic esters (lactones) is 1. The highest BCUT2D eigenvalue weighted by Crippen LogP contribution is 2.38. The molecule has 3 aromatic rings. The standard InChI is InChI=1S/C24H16BrFN2O6/c1-32-21-12-15(10-19(25)22(21)33-13-14-3-2-4-17(26)9-14)11-20-24(29)34-23(27-20)16-5-7-18(8-6-16)28(30)31/h2-12H,13H2,1H3/b20-11-. The van der Waals surface area contributed by atoms with E-state index in [1.807, 2.05) is 0 Å². The van der Waals surface area contributed by atoms with E-state index in [0.717, 1.165) is 0 Å². The van der Waals surface area contributed by atoms with E-state index < -0.39 is 10.9 Å². The summed E-state index contributed by atoms with van der Waals surface area (Å²) >= 11 is 3.44. The van der Waals surface area contributed by atoms with Crippen molar-refractivity contribution in [3.63, 3.8) is 0 Å². The van der Waals surface area contributed by atoms with Crippen LogP contribution >= 0.6 is 15.9 Å². The van der Waals surface area contributed by atoms with Gasteiger partial charge in [-0.3, -0.25) is 10.1 Å². The van der Waals surface area contributed by atoms with Crippen molar-refractivity contribution in [3.05, 3.63) is 103 Å². The highest BCUT2D eigenvalue weighted by atomic mass is 79.9. The molecule has 0 radical (unpaired) electrons. The monoisotopic (exact) mass is 526 g/mol. The van der Waals surface area contributed by atoms with E-state index in [0.29, 0.717) is 32.7 Å². The van der Waals surface area contributed by atoms with Crippen molar-refractivity contribution >= 4 is 39.6 Å². The van der Waals surface area contributed by atoms with Gasteiger partial charge < -0.3 is 14.2 Å². The van der Waals surface area contributed by atoms with Crippen LogP contribution < -0.4 is 9.47 Å². The van der Waals surface area contributed by atoms with Crippen LogP contribution in [0.1, 0.15) is 16.7 Å². The molecule has 1 aliphatic heterocycles. The summed E-state index contributed by atoms with van der Waals surface area (Å²) in [6, 6.07) is 15.0. The van der Waals surface area contributed by atoms with Gasteiger partial charge >= 0.3 is 5.97 Å². The third kappa shape index (κ3) is 5.12. The molecule has 8 nitrogen and oxygen atoms in total. The number of aliphatic imine (C=N–C) groups is 1. The maximum atomic E-state index is 13.4. The lowest BCUT2D eigenvalue weighted by atomic mass is 10.1. The minimum atomic E-state index is -0.658. The van der Waals surface area contributed by atoms with Gasteiger partial charge in [0.25, 0.3) is 5.69 Å². The smallest absolute Gasteiger partial charge is 0.363 e. The summed E-state index contributed by atoms with van der Waals surface area (Å²) < 4.78 is 30.4. The van der Waals surface area contributed by atoms with Gasteiger partial charge in [-0.05, 0) is 69.5 Å². The summed E-state index contributed by atoms with van der Waals surface area (Å²) in [5.74, 6) is -0.158. The molecule has 0 spiro atoms. The molecular weight excluding hydrogens is 511 g/mol. The number of methoxy groups -OCH3 is 1. The van der Waals surface area contributed by atoms with Crippen LogP contribution in [-0.4, -0.2) is 23.9 Å². The van der Waals surface area contributed by atoms with Crippen molar-refractivity contribution in [2.24, 2.45) is 4.99 Å². The van der Waals surface area contributed by atoms with E-state index in [9.17, 15) is 19.3 Å². The molecule has 172 valence electrons. The zero-order valence-electron chi connectivity index (χ0n) is 17.7. The molecule has 0 saturated carbocycles. The number of esters is 1. The first-order valence-corrected chi connectivity index (χ1v) is 10.7. The van der Waals surface area contributed by atoms with E-state index in [-0.39, 0.29) is 29.7 Å². The molecule has 0 saturated heterocycles. The van der Waals surface area contributed by atoms with Crippen LogP contribution in [0.25, 0.3) is 6.08 Å². The Labute approximate surface area is 201 Å². The second-order valence-electron chi connectivity index (χ2n) is 7.09. The van der Waals surface area contributed by atoms with Crippen LogP contribution in [0.15, 0.2) is 75.8 Å².